The SMILES string of the molecule is C=Cc1cc(CC(O)c2cccc(OC)c2)oc1-c1cccc(OC)c1. The standard InChI is InChI=1S/C22H22O4/c1-4-15-11-20(14-21(23)16-7-5-9-18(12-16)24-2)26-22(15)17-8-6-10-19(13-17)25-3/h4-13,21,23H,1,14H2,2-3H3. The van der Waals surface area contributed by atoms with Gasteiger partial charge in [0.2, 0.25) is 0 Å². The maximum atomic E-state index is 10.6. The molecule has 4 heteroatoms. The molecule has 1 atom stereocenters. The van der Waals surface area contributed by atoms with Crippen LogP contribution in [-0.2, 0) is 6.42 Å². The highest BCUT2D eigenvalue weighted by Crippen LogP contribution is 2.32. The first-order valence-electron chi connectivity index (χ1n) is 8.36. The van der Waals surface area contributed by atoms with Crippen LogP contribution in [0, 0.1) is 0 Å². The molecule has 0 bridgehead atoms. The molecule has 1 unspecified atom stereocenters. The highest BCUT2D eigenvalue weighted by molar-refractivity contribution is 5.71. The molecule has 0 saturated carbocycles. The van der Waals surface area contributed by atoms with Crippen LogP contribution in [0.5, 0.6) is 11.5 Å². The highest BCUT2D eigenvalue weighted by atomic mass is 16.5. The quantitative estimate of drug-likeness (QED) is 0.660. The number of ether oxygens (including phenoxy) is 2. The molecule has 1 heterocycles. The van der Waals surface area contributed by atoms with Crippen molar-refractivity contribution in [1.82, 2.24) is 0 Å². The van der Waals surface area contributed by atoms with E-state index in [-0.39, 0.29) is 0 Å². The molecule has 0 amide bonds. The molecule has 4 nitrogen and oxygen atoms in total. The summed E-state index contributed by atoms with van der Waals surface area (Å²) in [6, 6.07) is 17.0. The lowest BCUT2D eigenvalue weighted by molar-refractivity contribution is 0.170. The van der Waals surface area contributed by atoms with Crippen LogP contribution in [0.3, 0.4) is 0 Å². The molecule has 2 aromatic carbocycles. The van der Waals surface area contributed by atoms with E-state index >= 15 is 0 Å². The Bertz CT molecular complexity index is 895. The Balaban J connectivity index is 1.87. The molecule has 0 fully saturated rings. The van der Waals surface area contributed by atoms with E-state index in [0.29, 0.717) is 23.7 Å². The van der Waals surface area contributed by atoms with Gasteiger partial charge in [-0.1, -0.05) is 36.9 Å². The van der Waals surface area contributed by atoms with E-state index < -0.39 is 6.10 Å². The predicted molar refractivity (Wildman–Crippen MR) is 102 cm³/mol. The minimum Gasteiger partial charge on any atom is -0.497 e. The van der Waals surface area contributed by atoms with E-state index in [9.17, 15) is 5.11 Å². The van der Waals surface area contributed by atoms with Crippen LogP contribution in [0.1, 0.15) is 23.0 Å². The van der Waals surface area contributed by atoms with Gasteiger partial charge in [0.15, 0.2) is 0 Å². The van der Waals surface area contributed by atoms with Crippen LogP contribution in [0.25, 0.3) is 17.4 Å². The van der Waals surface area contributed by atoms with Crippen LogP contribution >= 0.6 is 0 Å². The van der Waals surface area contributed by atoms with Gasteiger partial charge in [0.1, 0.15) is 23.0 Å². The molecule has 26 heavy (non-hydrogen) atoms. The molecule has 0 radical (unpaired) electrons. The third-order valence-electron chi connectivity index (χ3n) is 4.24. The fourth-order valence-electron chi connectivity index (χ4n) is 2.86. The first kappa shape index (κ1) is 17.8. The fraction of sp³-hybridized carbons (Fsp3) is 0.182. The van der Waals surface area contributed by atoms with Crippen LogP contribution in [-0.4, -0.2) is 19.3 Å². The third kappa shape index (κ3) is 3.81. The smallest absolute Gasteiger partial charge is 0.141 e. The van der Waals surface area contributed by atoms with E-state index in [2.05, 4.69) is 6.58 Å². The largest absolute Gasteiger partial charge is 0.497 e. The van der Waals surface area contributed by atoms with Gasteiger partial charge in [-0.05, 0) is 35.9 Å². The molecule has 0 aliphatic rings. The zero-order valence-corrected chi connectivity index (χ0v) is 14.9. The molecular formula is C22H22O4. The normalized spacial score (nSPS) is 11.8. The number of aliphatic hydroxyl groups excluding tert-OH is 1. The van der Waals surface area contributed by atoms with Gasteiger partial charge < -0.3 is 19.0 Å². The Labute approximate surface area is 153 Å². The summed E-state index contributed by atoms with van der Waals surface area (Å²) >= 11 is 0. The molecule has 1 N–H and O–H groups in total. The van der Waals surface area contributed by atoms with Crippen molar-refractivity contribution in [3.8, 4) is 22.8 Å². The van der Waals surface area contributed by atoms with Crippen molar-refractivity contribution in [2.45, 2.75) is 12.5 Å². The van der Waals surface area contributed by atoms with Crippen LogP contribution in [0.2, 0.25) is 0 Å². The van der Waals surface area contributed by atoms with Gasteiger partial charge in [-0.25, -0.2) is 0 Å². The molecule has 0 spiro atoms. The summed E-state index contributed by atoms with van der Waals surface area (Å²) < 4.78 is 16.5. The molecule has 0 aliphatic carbocycles. The van der Waals surface area contributed by atoms with E-state index in [1.807, 2.05) is 54.6 Å². The summed E-state index contributed by atoms with van der Waals surface area (Å²) in [6.07, 6.45) is 1.42. The second kappa shape index (κ2) is 7.93. The highest BCUT2D eigenvalue weighted by Gasteiger charge is 2.16. The van der Waals surface area contributed by atoms with E-state index in [4.69, 9.17) is 13.9 Å². The second-order valence-corrected chi connectivity index (χ2v) is 5.93. The molecule has 3 rings (SSSR count). The number of methoxy groups -OCH3 is 2. The monoisotopic (exact) mass is 350 g/mol. The molecular weight excluding hydrogens is 328 g/mol. The predicted octanol–water partition coefficient (Wildman–Crippen LogP) is 4.88. The zero-order chi connectivity index (χ0) is 18.5. The summed E-state index contributed by atoms with van der Waals surface area (Å²) in [4.78, 5) is 0. The number of hydrogen-bond donors (Lipinski definition) is 1. The third-order valence-corrected chi connectivity index (χ3v) is 4.24. The van der Waals surface area contributed by atoms with E-state index in [0.717, 1.165) is 22.4 Å². The summed E-state index contributed by atoms with van der Waals surface area (Å²) in [6.45, 7) is 3.86. The van der Waals surface area contributed by atoms with Crippen molar-refractivity contribution in [1.29, 1.82) is 0 Å². The van der Waals surface area contributed by atoms with Gasteiger partial charge in [0, 0.05) is 17.5 Å². The van der Waals surface area contributed by atoms with Crippen LogP contribution in [0.4, 0.5) is 0 Å². The first-order chi connectivity index (χ1) is 12.6. The van der Waals surface area contributed by atoms with E-state index in [1.165, 1.54) is 0 Å². The lowest BCUT2D eigenvalue weighted by atomic mass is 10.0. The first-order valence-corrected chi connectivity index (χ1v) is 8.36. The Hall–Kier alpha value is -2.98. The van der Waals surface area contributed by atoms with Crippen molar-refractivity contribution in [3.63, 3.8) is 0 Å². The van der Waals surface area contributed by atoms with Crippen molar-refractivity contribution in [2.75, 3.05) is 14.2 Å². The fourth-order valence-corrected chi connectivity index (χ4v) is 2.86. The van der Waals surface area contributed by atoms with Crippen LogP contribution in [0.15, 0.2) is 65.6 Å². The Morgan fingerprint density at radius 2 is 1.73 bits per heavy atom. The number of furan rings is 1. The lowest BCUT2D eigenvalue weighted by Crippen LogP contribution is -2.01. The van der Waals surface area contributed by atoms with Crippen molar-refractivity contribution in [2.24, 2.45) is 0 Å². The van der Waals surface area contributed by atoms with Crippen molar-refractivity contribution >= 4 is 6.08 Å². The van der Waals surface area contributed by atoms with Gasteiger partial charge in [-0.2, -0.15) is 0 Å². The maximum Gasteiger partial charge on any atom is 0.141 e. The Kier molecular flexibility index (Phi) is 5.44. The minimum atomic E-state index is -0.688. The number of hydrogen-bond acceptors (Lipinski definition) is 4. The van der Waals surface area contributed by atoms with Gasteiger partial charge in [0.05, 0.1) is 20.3 Å². The van der Waals surface area contributed by atoms with Crippen molar-refractivity contribution in [3.05, 3.63) is 78.1 Å². The van der Waals surface area contributed by atoms with Gasteiger partial charge in [-0.3, -0.25) is 0 Å². The number of aliphatic hydroxyl groups is 1. The minimum absolute atomic E-state index is 0.359. The summed E-state index contributed by atoms with van der Waals surface area (Å²) in [5.41, 5.74) is 2.57. The van der Waals surface area contributed by atoms with Gasteiger partial charge >= 0.3 is 0 Å². The summed E-state index contributed by atoms with van der Waals surface area (Å²) in [5.74, 6) is 2.87. The maximum absolute atomic E-state index is 10.6. The molecule has 3 aromatic rings. The van der Waals surface area contributed by atoms with Crippen molar-refractivity contribution < 1.29 is 19.0 Å². The molecule has 134 valence electrons. The lowest BCUT2D eigenvalue weighted by Gasteiger charge is -2.10. The number of rotatable bonds is 7. The average molecular weight is 350 g/mol. The topological polar surface area (TPSA) is 51.8 Å². The average Bonchev–Trinajstić information content (AvgIpc) is 3.10. The summed E-state index contributed by atoms with van der Waals surface area (Å²) in [7, 11) is 3.24. The van der Waals surface area contributed by atoms with Gasteiger partial charge in [0.25, 0.3) is 0 Å². The molecule has 0 saturated heterocycles. The molecule has 0 aliphatic heterocycles. The van der Waals surface area contributed by atoms with Gasteiger partial charge in [-0.15, -0.1) is 0 Å². The Morgan fingerprint density at radius 3 is 2.42 bits per heavy atom. The van der Waals surface area contributed by atoms with E-state index in [1.54, 1.807) is 20.3 Å². The second-order valence-electron chi connectivity index (χ2n) is 5.93. The zero-order valence-electron chi connectivity index (χ0n) is 14.9. The number of benzene rings is 2. The Morgan fingerprint density at radius 1 is 1.04 bits per heavy atom. The molecule has 1 aromatic heterocycles. The van der Waals surface area contributed by atoms with Crippen LogP contribution < -0.4 is 9.47 Å². The summed E-state index contributed by atoms with van der Waals surface area (Å²) in [5, 5.41) is 10.6.